The third-order valence-corrected chi connectivity index (χ3v) is 2.33. The molecule has 1 atom stereocenters. The summed E-state index contributed by atoms with van der Waals surface area (Å²) in [7, 11) is 1.69. The monoisotopic (exact) mass is 270 g/mol. The first-order chi connectivity index (χ1) is 8.90. The number of urea groups is 1. The molecule has 1 heterocycles. The Morgan fingerprint density at radius 3 is 2.58 bits per heavy atom. The number of nitrogens with one attached hydrogen (secondary N) is 2. The molecule has 0 saturated carbocycles. The van der Waals surface area contributed by atoms with E-state index in [0.29, 0.717) is 0 Å². The minimum atomic E-state index is -1.47. The van der Waals surface area contributed by atoms with Crippen molar-refractivity contribution in [1.29, 1.82) is 0 Å². The van der Waals surface area contributed by atoms with Crippen LogP contribution >= 0.6 is 0 Å². The van der Waals surface area contributed by atoms with E-state index < -0.39 is 30.4 Å². The van der Waals surface area contributed by atoms with E-state index in [0.717, 1.165) is 5.69 Å². The van der Waals surface area contributed by atoms with Crippen molar-refractivity contribution in [3.05, 3.63) is 18.0 Å². The second kappa shape index (κ2) is 6.38. The first-order valence-electron chi connectivity index (χ1n) is 5.36. The van der Waals surface area contributed by atoms with Gasteiger partial charge >= 0.3 is 18.0 Å². The fourth-order valence-corrected chi connectivity index (χ4v) is 1.33. The Balaban J connectivity index is 2.47. The number of carbonyl (C=O) groups is 3. The average molecular weight is 270 g/mol. The van der Waals surface area contributed by atoms with Crippen LogP contribution in [-0.2, 0) is 23.2 Å². The van der Waals surface area contributed by atoms with Crippen molar-refractivity contribution in [2.45, 2.75) is 19.0 Å². The Bertz CT molecular complexity index is 484. The molecule has 0 aliphatic heterocycles. The number of aryl methyl sites for hydroxylation is 1. The van der Waals surface area contributed by atoms with Crippen molar-refractivity contribution in [3.63, 3.8) is 0 Å². The predicted molar refractivity (Wildman–Crippen MR) is 62.3 cm³/mol. The molecule has 1 rings (SSSR count). The summed E-state index contributed by atoms with van der Waals surface area (Å²) < 4.78 is 1.55. The molecule has 1 aromatic heterocycles. The fourth-order valence-electron chi connectivity index (χ4n) is 1.33. The number of aromatic nitrogens is 2. The third kappa shape index (κ3) is 4.66. The molecule has 0 fully saturated rings. The molecule has 0 radical (unpaired) electrons. The largest absolute Gasteiger partial charge is 0.481 e. The van der Waals surface area contributed by atoms with Crippen LogP contribution in [0.2, 0.25) is 0 Å². The zero-order valence-electron chi connectivity index (χ0n) is 10.2. The van der Waals surface area contributed by atoms with Gasteiger partial charge in [0, 0.05) is 13.2 Å². The van der Waals surface area contributed by atoms with Crippen molar-refractivity contribution < 1.29 is 24.6 Å². The Kier molecular flexibility index (Phi) is 4.86. The molecule has 9 nitrogen and oxygen atoms in total. The number of hydrogen-bond donors (Lipinski definition) is 4. The van der Waals surface area contributed by atoms with Gasteiger partial charge in [-0.05, 0) is 6.07 Å². The van der Waals surface area contributed by atoms with Gasteiger partial charge in [0.05, 0.1) is 18.7 Å². The first-order valence-corrected chi connectivity index (χ1v) is 5.36. The summed E-state index contributed by atoms with van der Waals surface area (Å²) in [5.41, 5.74) is 0.722. The number of carboxylic acid groups (broad SMARTS) is 2. The van der Waals surface area contributed by atoms with E-state index in [9.17, 15) is 14.4 Å². The van der Waals surface area contributed by atoms with Gasteiger partial charge in [-0.25, -0.2) is 9.59 Å². The SMILES string of the molecule is Cn1nccc1CNC(=O)NC(CC(=O)O)C(=O)O. The summed E-state index contributed by atoms with van der Waals surface area (Å²) in [5, 5.41) is 25.6. The Hall–Kier alpha value is -2.58. The maximum Gasteiger partial charge on any atom is 0.326 e. The molecule has 0 bridgehead atoms. The summed E-state index contributed by atoms with van der Waals surface area (Å²) in [5.74, 6) is -2.71. The highest BCUT2D eigenvalue weighted by atomic mass is 16.4. The summed E-state index contributed by atoms with van der Waals surface area (Å²) in [6, 6.07) is -0.537. The van der Waals surface area contributed by atoms with Gasteiger partial charge in [0.2, 0.25) is 0 Å². The van der Waals surface area contributed by atoms with E-state index in [1.807, 2.05) is 0 Å². The summed E-state index contributed by atoms with van der Waals surface area (Å²) in [4.78, 5) is 32.6. The zero-order valence-corrected chi connectivity index (χ0v) is 10.2. The predicted octanol–water partition coefficient (Wildman–Crippen LogP) is -0.853. The van der Waals surface area contributed by atoms with Crippen molar-refractivity contribution >= 4 is 18.0 Å². The number of carboxylic acids is 2. The van der Waals surface area contributed by atoms with Gasteiger partial charge < -0.3 is 20.8 Å². The van der Waals surface area contributed by atoms with E-state index >= 15 is 0 Å². The van der Waals surface area contributed by atoms with Crippen LogP contribution in [0.25, 0.3) is 0 Å². The normalized spacial score (nSPS) is 11.6. The lowest BCUT2D eigenvalue weighted by atomic mass is 10.2. The minimum absolute atomic E-state index is 0.155. The van der Waals surface area contributed by atoms with Gasteiger partial charge in [-0.2, -0.15) is 5.10 Å². The van der Waals surface area contributed by atoms with Crippen LogP contribution in [0.3, 0.4) is 0 Å². The van der Waals surface area contributed by atoms with Gasteiger partial charge in [-0.3, -0.25) is 9.48 Å². The van der Waals surface area contributed by atoms with E-state index in [4.69, 9.17) is 10.2 Å². The van der Waals surface area contributed by atoms with Crippen molar-refractivity contribution in [2.75, 3.05) is 0 Å². The van der Waals surface area contributed by atoms with Gasteiger partial charge in [0.1, 0.15) is 6.04 Å². The average Bonchev–Trinajstić information content (AvgIpc) is 2.70. The van der Waals surface area contributed by atoms with E-state index in [-0.39, 0.29) is 6.54 Å². The zero-order chi connectivity index (χ0) is 14.4. The quantitative estimate of drug-likeness (QED) is 0.532. The molecular weight excluding hydrogens is 256 g/mol. The minimum Gasteiger partial charge on any atom is -0.481 e. The number of rotatable bonds is 6. The molecule has 104 valence electrons. The van der Waals surface area contributed by atoms with Crippen LogP contribution < -0.4 is 10.6 Å². The third-order valence-electron chi connectivity index (χ3n) is 2.33. The maximum absolute atomic E-state index is 11.4. The maximum atomic E-state index is 11.4. The lowest BCUT2D eigenvalue weighted by Gasteiger charge is -2.13. The van der Waals surface area contributed by atoms with Gasteiger partial charge in [-0.1, -0.05) is 0 Å². The Morgan fingerprint density at radius 1 is 1.42 bits per heavy atom. The van der Waals surface area contributed by atoms with E-state index in [2.05, 4.69) is 15.7 Å². The van der Waals surface area contributed by atoms with Gasteiger partial charge in [-0.15, -0.1) is 0 Å². The fraction of sp³-hybridized carbons (Fsp3) is 0.400. The number of nitrogens with zero attached hydrogens (tertiary/aromatic N) is 2. The second-order valence-electron chi connectivity index (χ2n) is 3.76. The summed E-state index contributed by atoms with van der Waals surface area (Å²) >= 11 is 0. The van der Waals surface area contributed by atoms with Crippen molar-refractivity contribution in [1.82, 2.24) is 20.4 Å². The highest BCUT2D eigenvalue weighted by Gasteiger charge is 2.22. The summed E-state index contributed by atoms with van der Waals surface area (Å²) in [6.07, 6.45) is 0.869. The highest BCUT2D eigenvalue weighted by Crippen LogP contribution is 1.96. The van der Waals surface area contributed by atoms with Crippen LogP contribution in [0.1, 0.15) is 12.1 Å². The standard InChI is InChI=1S/C10H14N4O5/c1-14-6(2-3-12-14)5-11-10(19)13-7(9(17)18)4-8(15)16/h2-3,7H,4-5H2,1H3,(H,15,16)(H,17,18)(H2,11,13,19). The lowest BCUT2D eigenvalue weighted by Crippen LogP contribution is -2.46. The molecule has 0 aliphatic rings. The highest BCUT2D eigenvalue weighted by molar-refractivity contribution is 5.86. The molecule has 9 heteroatoms. The number of amides is 2. The second-order valence-corrected chi connectivity index (χ2v) is 3.76. The lowest BCUT2D eigenvalue weighted by molar-refractivity contribution is -0.145. The molecular formula is C10H14N4O5. The molecule has 19 heavy (non-hydrogen) atoms. The molecule has 0 spiro atoms. The van der Waals surface area contributed by atoms with Crippen LogP contribution in [0.4, 0.5) is 4.79 Å². The topological polar surface area (TPSA) is 134 Å². The molecule has 2 amide bonds. The Labute approximate surface area is 108 Å². The van der Waals surface area contributed by atoms with Gasteiger partial charge in [0.25, 0.3) is 0 Å². The first kappa shape index (κ1) is 14.5. The molecule has 1 aromatic rings. The van der Waals surface area contributed by atoms with Crippen LogP contribution in [0.15, 0.2) is 12.3 Å². The van der Waals surface area contributed by atoms with Crippen molar-refractivity contribution in [2.24, 2.45) is 7.05 Å². The summed E-state index contributed by atoms with van der Waals surface area (Å²) in [6.45, 7) is 0.155. The molecule has 0 saturated heterocycles. The molecule has 0 aromatic carbocycles. The molecule has 0 aliphatic carbocycles. The van der Waals surface area contributed by atoms with Crippen LogP contribution in [-0.4, -0.2) is 44.0 Å². The Morgan fingerprint density at radius 2 is 2.11 bits per heavy atom. The number of carbonyl (C=O) groups excluding carboxylic acids is 1. The van der Waals surface area contributed by atoms with E-state index in [1.54, 1.807) is 24.0 Å². The van der Waals surface area contributed by atoms with Crippen LogP contribution in [0, 0.1) is 0 Å². The molecule has 1 unspecified atom stereocenters. The van der Waals surface area contributed by atoms with Crippen LogP contribution in [0.5, 0.6) is 0 Å². The molecule has 4 N–H and O–H groups in total. The van der Waals surface area contributed by atoms with E-state index in [1.165, 1.54) is 0 Å². The smallest absolute Gasteiger partial charge is 0.326 e. The van der Waals surface area contributed by atoms with Crippen molar-refractivity contribution in [3.8, 4) is 0 Å². The number of hydrogen-bond acceptors (Lipinski definition) is 4. The number of aliphatic carboxylic acids is 2. The van der Waals surface area contributed by atoms with Gasteiger partial charge in [0.15, 0.2) is 0 Å².